The van der Waals surface area contributed by atoms with Gasteiger partial charge in [0, 0.05) is 24.7 Å². The average Bonchev–Trinajstić information content (AvgIpc) is 2.66. The molecule has 2 rings (SSSR count). The van der Waals surface area contributed by atoms with Crippen molar-refractivity contribution >= 4 is 0 Å². The number of hydrogen-bond acceptors (Lipinski definition) is 4. The normalized spacial score (nSPS) is 18.2. The molecule has 0 saturated carbocycles. The second-order valence-electron chi connectivity index (χ2n) is 5.91. The number of benzene rings is 1. The van der Waals surface area contributed by atoms with E-state index in [0.29, 0.717) is 6.04 Å². The van der Waals surface area contributed by atoms with E-state index in [1.165, 1.54) is 11.1 Å². The third-order valence-electron chi connectivity index (χ3n) is 3.82. The van der Waals surface area contributed by atoms with Crippen molar-refractivity contribution in [3.8, 4) is 5.75 Å². The molecule has 4 heteroatoms. The third kappa shape index (κ3) is 4.99. The van der Waals surface area contributed by atoms with Gasteiger partial charge in [-0.1, -0.05) is 18.2 Å². The van der Waals surface area contributed by atoms with Crippen LogP contribution in [-0.2, 0) is 4.74 Å². The van der Waals surface area contributed by atoms with Gasteiger partial charge in [-0.2, -0.15) is 0 Å². The average molecular weight is 292 g/mol. The van der Waals surface area contributed by atoms with Gasteiger partial charge in [0.15, 0.2) is 0 Å². The quantitative estimate of drug-likeness (QED) is 0.782. The highest BCUT2D eigenvalue weighted by Gasteiger charge is 2.20. The van der Waals surface area contributed by atoms with Gasteiger partial charge in [-0.15, -0.1) is 0 Å². The van der Waals surface area contributed by atoms with Crippen molar-refractivity contribution in [3.63, 3.8) is 0 Å². The molecule has 21 heavy (non-hydrogen) atoms. The fourth-order valence-electron chi connectivity index (χ4n) is 2.63. The lowest BCUT2D eigenvalue weighted by Crippen LogP contribution is -2.26. The Morgan fingerprint density at radius 1 is 1.33 bits per heavy atom. The van der Waals surface area contributed by atoms with Gasteiger partial charge in [-0.25, -0.2) is 0 Å². The van der Waals surface area contributed by atoms with E-state index in [1.54, 1.807) is 0 Å². The summed E-state index contributed by atoms with van der Waals surface area (Å²) in [7, 11) is 4.12. The highest BCUT2D eigenvalue weighted by molar-refractivity contribution is 5.43. The molecule has 0 aliphatic carbocycles. The topological polar surface area (TPSA) is 33.7 Å². The van der Waals surface area contributed by atoms with Gasteiger partial charge in [-0.05, 0) is 39.4 Å². The van der Waals surface area contributed by atoms with E-state index in [9.17, 15) is 0 Å². The van der Waals surface area contributed by atoms with Crippen LogP contribution in [0.2, 0.25) is 0 Å². The molecule has 118 valence electrons. The lowest BCUT2D eigenvalue weighted by atomic mass is 10.00. The lowest BCUT2D eigenvalue weighted by Gasteiger charge is -2.19. The summed E-state index contributed by atoms with van der Waals surface area (Å²) in [4.78, 5) is 2.13. The number of aryl methyl sites for hydroxylation is 1. The van der Waals surface area contributed by atoms with Crippen molar-refractivity contribution in [1.82, 2.24) is 10.2 Å². The van der Waals surface area contributed by atoms with Gasteiger partial charge in [0.2, 0.25) is 0 Å². The zero-order chi connectivity index (χ0) is 15.1. The van der Waals surface area contributed by atoms with Gasteiger partial charge in [-0.3, -0.25) is 0 Å². The number of nitrogens with one attached hydrogen (secondary N) is 1. The Hall–Kier alpha value is -1.10. The summed E-state index contributed by atoms with van der Waals surface area (Å²) in [6.07, 6.45) is 2.21. The number of nitrogens with zero attached hydrogens (tertiary/aromatic N) is 1. The van der Waals surface area contributed by atoms with Gasteiger partial charge in [0.25, 0.3) is 0 Å². The van der Waals surface area contributed by atoms with Crippen molar-refractivity contribution < 1.29 is 9.47 Å². The predicted octanol–water partition coefficient (Wildman–Crippen LogP) is 2.38. The summed E-state index contributed by atoms with van der Waals surface area (Å²) in [6.45, 7) is 6.33. The molecule has 1 aromatic carbocycles. The first-order valence-corrected chi connectivity index (χ1v) is 7.86. The maximum Gasteiger partial charge on any atom is 0.126 e. The van der Waals surface area contributed by atoms with Crippen LogP contribution in [0.3, 0.4) is 0 Å². The van der Waals surface area contributed by atoms with E-state index in [0.717, 1.165) is 51.5 Å². The van der Waals surface area contributed by atoms with Crippen molar-refractivity contribution in [3.05, 3.63) is 29.3 Å². The van der Waals surface area contributed by atoms with E-state index in [-0.39, 0.29) is 0 Å². The Bertz CT molecular complexity index is 435. The summed E-state index contributed by atoms with van der Waals surface area (Å²) in [5.41, 5.74) is 2.52. The maximum absolute atomic E-state index is 5.90. The van der Waals surface area contributed by atoms with Crippen LogP contribution < -0.4 is 10.1 Å². The molecule has 1 heterocycles. The molecular formula is C17H28N2O2. The number of likely N-dealkylation sites (N-methyl/N-ethyl adjacent to an activating group) is 1. The first kappa shape index (κ1) is 16.3. The fourth-order valence-corrected chi connectivity index (χ4v) is 2.63. The predicted molar refractivity (Wildman–Crippen MR) is 86.0 cm³/mol. The second kappa shape index (κ2) is 8.37. The van der Waals surface area contributed by atoms with Crippen LogP contribution in [-0.4, -0.2) is 51.9 Å². The molecule has 1 aliphatic heterocycles. The molecule has 0 spiro atoms. The molecule has 0 saturated heterocycles. The van der Waals surface area contributed by atoms with E-state index in [2.05, 4.69) is 49.4 Å². The van der Waals surface area contributed by atoms with Gasteiger partial charge in [0.05, 0.1) is 19.8 Å². The summed E-state index contributed by atoms with van der Waals surface area (Å²) in [6, 6.07) is 6.79. The molecule has 1 aliphatic rings. The van der Waals surface area contributed by atoms with Crippen LogP contribution in [0.15, 0.2) is 18.2 Å². The summed E-state index contributed by atoms with van der Waals surface area (Å²) in [5, 5.41) is 3.61. The first-order valence-electron chi connectivity index (χ1n) is 7.86. The zero-order valence-corrected chi connectivity index (χ0v) is 13.5. The van der Waals surface area contributed by atoms with Crippen molar-refractivity contribution in [2.75, 3.05) is 47.0 Å². The number of rotatable bonds is 7. The number of hydrogen-bond donors (Lipinski definition) is 1. The molecule has 0 fully saturated rings. The molecule has 1 N–H and O–H groups in total. The molecule has 4 nitrogen and oxygen atoms in total. The highest BCUT2D eigenvalue weighted by Crippen LogP contribution is 2.33. The third-order valence-corrected chi connectivity index (χ3v) is 3.82. The highest BCUT2D eigenvalue weighted by atomic mass is 16.5. The fraction of sp³-hybridized carbons (Fsp3) is 0.647. The number of ether oxygens (including phenoxy) is 2. The Labute approximate surface area is 128 Å². The minimum atomic E-state index is 0.375. The van der Waals surface area contributed by atoms with E-state index < -0.39 is 0 Å². The largest absolute Gasteiger partial charge is 0.493 e. The Balaban J connectivity index is 1.82. The Morgan fingerprint density at radius 2 is 2.19 bits per heavy atom. The minimum absolute atomic E-state index is 0.375. The first-order chi connectivity index (χ1) is 10.2. The standard InChI is InChI=1S/C17H28N2O2/c1-14-6-4-7-15-16(8-5-11-21-17(14)15)18-9-12-20-13-10-19(2)3/h4,6-7,16,18H,5,8-13H2,1-3H3. The van der Waals surface area contributed by atoms with Crippen LogP contribution in [0.4, 0.5) is 0 Å². The molecular weight excluding hydrogens is 264 g/mol. The van der Waals surface area contributed by atoms with Crippen LogP contribution in [0.25, 0.3) is 0 Å². The van der Waals surface area contributed by atoms with E-state index in [1.807, 2.05) is 0 Å². The number of fused-ring (bicyclic) bond motifs is 1. The van der Waals surface area contributed by atoms with Gasteiger partial charge in [0.1, 0.15) is 5.75 Å². The number of para-hydroxylation sites is 1. The molecule has 0 amide bonds. The minimum Gasteiger partial charge on any atom is -0.493 e. The van der Waals surface area contributed by atoms with Gasteiger partial charge >= 0.3 is 0 Å². The van der Waals surface area contributed by atoms with Crippen molar-refractivity contribution in [2.45, 2.75) is 25.8 Å². The molecule has 1 atom stereocenters. The van der Waals surface area contributed by atoms with Crippen LogP contribution in [0.1, 0.15) is 30.0 Å². The molecule has 0 radical (unpaired) electrons. The smallest absolute Gasteiger partial charge is 0.126 e. The summed E-state index contributed by atoms with van der Waals surface area (Å²) in [5.74, 6) is 1.07. The Kier molecular flexibility index (Phi) is 6.49. The van der Waals surface area contributed by atoms with Crippen LogP contribution in [0.5, 0.6) is 5.75 Å². The zero-order valence-electron chi connectivity index (χ0n) is 13.5. The van der Waals surface area contributed by atoms with Crippen LogP contribution >= 0.6 is 0 Å². The second-order valence-corrected chi connectivity index (χ2v) is 5.91. The Morgan fingerprint density at radius 3 is 3.00 bits per heavy atom. The van der Waals surface area contributed by atoms with Gasteiger partial charge < -0.3 is 19.7 Å². The SMILES string of the molecule is Cc1cccc2c1OCCCC2NCCOCCN(C)C. The molecule has 0 bridgehead atoms. The monoisotopic (exact) mass is 292 g/mol. The summed E-state index contributed by atoms with van der Waals surface area (Å²) >= 11 is 0. The summed E-state index contributed by atoms with van der Waals surface area (Å²) < 4.78 is 11.5. The molecule has 1 unspecified atom stereocenters. The van der Waals surface area contributed by atoms with Crippen LogP contribution in [0, 0.1) is 6.92 Å². The van der Waals surface area contributed by atoms with E-state index >= 15 is 0 Å². The maximum atomic E-state index is 5.90. The van der Waals surface area contributed by atoms with E-state index in [4.69, 9.17) is 9.47 Å². The molecule has 0 aromatic heterocycles. The lowest BCUT2D eigenvalue weighted by molar-refractivity contribution is 0.117. The molecule has 1 aromatic rings. The van der Waals surface area contributed by atoms with Crippen molar-refractivity contribution in [1.29, 1.82) is 0 Å². The van der Waals surface area contributed by atoms with Crippen molar-refractivity contribution in [2.24, 2.45) is 0 Å².